The van der Waals surface area contributed by atoms with Crippen LogP contribution in [0.4, 0.5) is 5.13 Å². The van der Waals surface area contributed by atoms with E-state index in [0.29, 0.717) is 0 Å². The molecule has 7 heteroatoms. The number of hydrogen-bond acceptors (Lipinski definition) is 7. The van der Waals surface area contributed by atoms with E-state index in [-0.39, 0.29) is 0 Å². The van der Waals surface area contributed by atoms with Gasteiger partial charge in [0.25, 0.3) is 0 Å². The molecule has 0 saturated carbocycles. The quantitative estimate of drug-likeness (QED) is 0.570. The molecule has 0 bridgehead atoms. The van der Waals surface area contributed by atoms with Crippen molar-refractivity contribution in [2.24, 2.45) is 5.10 Å². The largest absolute Gasteiger partial charge is 0.492 e. The average molecular weight is 374 g/mol. The molecule has 0 unspecified atom stereocenters. The highest BCUT2D eigenvalue weighted by Gasteiger charge is 2.14. The maximum atomic E-state index is 5.87. The molecule has 1 aliphatic heterocycles. The molecule has 1 saturated heterocycles. The first kappa shape index (κ1) is 18.8. The highest BCUT2D eigenvalue weighted by molar-refractivity contribution is 7.13. The summed E-state index contributed by atoms with van der Waals surface area (Å²) >= 11 is 1.55. The van der Waals surface area contributed by atoms with Gasteiger partial charge >= 0.3 is 0 Å². The third kappa shape index (κ3) is 5.79. The normalized spacial score (nSPS) is 16.2. The summed E-state index contributed by atoms with van der Waals surface area (Å²) in [5, 5.41) is 7.01. The zero-order chi connectivity index (χ0) is 18.2. The summed E-state index contributed by atoms with van der Waals surface area (Å²) in [7, 11) is 0. The number of aromatic nitrogens is 1. The number of rotatable bonds is 8. The van der Waals surface area contributed by atoms with Crippen molar-refractivity contribution < 1.29 is 4.74 Å². The minimum absolute atomic E-state index is 0.727. The number of nitrogens with zero attached hydrogens (tertiary/aromatic N) is 4. The van der Waals surface area contributed by atoms with Crippen LogP contribution < -0.4 is 10.2 Å². The van der Waals surface area contributed by atoms with Crippen molar-refractivity contribution in [3.05, 3.63) is 40.9 Å². The molecule has 2 aromatic rings. The Balaban J connectivity index is 1.37. The Bertz CT molecular complexity index is 692. The molecule has 3 rings (SSSR count). The van der Waals surface area contributed by atoms with Crippen LogP contribution in [0.5, 0.6) is 5.75 Å². The molecule has 0 radical (unpaired) electrons. The first-order chi connectivity index (χ1) is 12.7. The minimum Gasteiger partial charge on any atom is -0.492 e. The van der Waals surface area contributed by atoms with Gasteiger partial charge in [-0.05, 0) is 43.3 Å². The lowest BCUT2D eigenvalue weighted by atomic mass is 10.2. The molecule has 0 spiro atoms. The summed E-state index contributed by atoms with van der Waals surface area (Å²) in [5.41, 5.74) is 4.97. The summed E-state index contributed by atoms with van der Waals surface area (Å²) in [5.74, 6) is 0.901. The molecule has 2 heterocycles. The van der Waals surface area contributed by atoms with Gasteiger partial charge in [0.15, 0.2) is 0 Å². The molecule has 6 nitrogen and oxygen atoms in total. The monoisotopic (exact) mass is 373 g/mol. The predicted molar refractivity (Wildman–Crippen MR) is 109 cm³/mol. The molecule has 1 fully saturated rings. The predicted octanol–water partition coefficient (Wildman–Crippen LogP) is 2.91. The molecule has 26 heavy (non-hydrogen) atoms. The second-order valence-electron chi connectivity index (χ2n) is 6.36. The Morgan fingerprint density at radius 3 is 2.58 bits per heavy atom. The fourth-order valence-electron chi connectivity index (χ4n) is 2.84. The average Bonchev–Trinajstić information content (AvgIpc) is 3.09. The number of benzene rings is 1. The van der Waals surface area contributed by atoms with Crippen molar-refractivity contribution in [1.82, 2.24) is 14.8 Å². The van der Waals surface area contributed by atoms with Crippen molar-refractivity contribution in [2.75, 3.05) is 51.3 Å². The van der Waals surface area contributed by atoms with Crippen molar-refractivity contribution in [1.29, 1.82) is 0 Å². The van der Waals surface area contributed by atoms with Gasteiger partial charge in [0, 0.05) is 38.1 Å². The van der Waals surface area contributed by atoms with Gasteiger partial charge in [-0.25, -0.2) is 4.98 Å². The maximum Gasteiger partial charge on any atom is 0.203 e. The smallest absolute Gasteiger partial charge is 0.203 e. The Morgan fingerprint density at radius 2 is 1.92 bits per heavy atom. The molecule has 1 aromatic carbocycles. The van der Waals surface area contributed by atoms with Crippen LogP contribution in [0.15, 0.2) is 34.7 Å². The molecule has 140 valence electrons. The van der Waals surface area contributed by atoms with Gasteiger partial charge in [0.05, 0.1) is 11.9 Å². The van der Waals surface area contributed by atoms with Crippen molar-refractivity contribution in [3.63, 3.8) is 0 Å². The van der Waals surface area contributed by atoms with Crippen LogP contribution in [-0.4, -0.2) is 66.9 Å². The van der Waals surface area contributed by atoms with Crippen LogP contribution >= 0.6 is 11.3 Å². The summed E-state index contributed by atoms with van der Waals surface area (Å²) in [6.45, 7) is 11.7. The summed E-state index contributed by atoms with van der Waals surface area (Å²) in [6.07, 6.45) is 1.79. The molecular formula is C19H27N5OS. The lowest BCUT2D eigenvalue weighted by Gasteiger charge is -2.33. The van der Waals surface area contributed by atoms with Crippen LogP contribution in [0.2, 0.25) is 0 Å². The van der Waals surface area contributed by atoms with Crippen molar-refractivity contribution in [3.8, 4) is 5.75 Å². The fourth-order valence-corrected chi connectivity index (χ4v) is 3.48. The van der Waals surface area contributed by atoms with E-state index in [1.54, 1.807) is 17.6 Å². The summed E-state index contributed by atoms with van der Waals surface area (Å²) in [4.78, 5) is 9.26. The first-order valence-electron chi connectivity index (χ1n) is 9.11. The number of piperazine rings is 1. The van der Waals surface area contributed by atoms with Crippen molar-refractivity contribution in [2.45, 2.75) is 13.8 Å². The number of nitrogens with one attached hydrogen (secondary N) is 1. The molecule has 1 aromatic heterocycles. The molecule has 1 aliphatic rings. The van der Waals surface area contributed by atoms with Crippen LogP contribution in [0, 0.1) is 6.92 Å². The number of hydrogen-bond donors (Lipinski definition) is 1. The molecule has 1 N–H and O–H groups in total. The van der Waals surface area contributed by atoms with Crippen LogP contribution in [0.1, 0.15) is 18.2 Å². The van der Waals surface area contributed by atoms with Gasteiger partial charge in [-0.1, -0.05) is 6.92 Å². The standard InChI is InChI=1S/C19H27N5OS/c1-3-23-8-10-24(11-9-23)12-13-25-18-6-4-17(5-7-18)14-20-22-19-21-16(2)15-26-19/h4-7,14-15H,3,8-13H2,1-2H3,(H,21,22). The second kappa shape index (κ2) is 9.66. The van der Waals surface area contributed by atoms with Gasteiger partial charge < -0.3 is 9.64 Å². The van der Waals surface area contributed by atoms with E-state index in [2.05, 4.69) is 32.2 Å². The molecular weight excluding hydrogens is 346 g/mol. The van der Waals surface area contributed by atoms with E-state index in [9.17, 15) is 0 Å². The van der Waals surface area contributed by atoms with E-state index in [1.165, 1.54) is 13.1 Å². The maximum absolute atomic E-state index is 5.87. The van der Waals surface area contributed by atoms with Gasteiger partial charge in [0.1, 0.15) is 12.4 Å². The second-order valence-corrected chi connectivity index (χ2v) is 7.22. The zero-order valence-corrected chi connectivity index (χ0v) is 16.3. The third-order valence-corrected chi connectivity index (χ3v) is 5.33. The van der Waals surface area contributed by atoms with Crippen molar-refractivity contribution >= 4 is 22.7 Å². The van der Waals surface area contributed by atoms with Gasteiger partial charge in [-0.2, -0.15) is 5.10 Å². The van der Waals surface area contributed by atoms with Gasteiger partial charge in [0.2, 0.25) is 5.13 Å². The number of ether oxygens (including phenoxy) is 1. The lowest BCUT2D eigenvalue weighted by molar-refractivity contribution is 0.121. The third-order valence-electron chi connectivity index (χ3n) is 4.46. The number of hydrazone groups is 1. The Hall–Kier alpha value is -1.96. The number of thiazole rings is 1. The fraction of sp³-hybridized carbons (Fsp3) is 0.474. The van der Waals surface area contributed by atoms with E-state index < -0.39 is 0 Å². The minimum atomic E-state index is 0.727. The SMILES string of the molecule is CCN1CCN(CCOc2ccc(C=NNc3nc(C)cs3)cc2)CC1. The van der Waals surface area contributed by atoms with E-state index in [0.717, 1.165) is 54.9 Å². The first-order valence-corrected chi connectivity index (χ1v) is 9.99. The van der Waals surface area contributed by atoms with E-state index >= 15 is 0 Å². The van der Waals surface area contributed by atoms with Crippen LogP contribution in [0.3, 0.4) is 0 Å². The lowest BCUT2D eigenvalue weighted by Crippen LogP contribution is -2.47. The summed E-state index contributed by atoms with van der Waals surface area (Å²) < 4.78 is 5.87. The van der Waals surface area contributed by atoms with E-state index in [1.807, 2.05) is 36.6 Å². The molecule has 0 amide bonds. The number of likely N-dealkylation sites (N-methyl/N-ethyl adjacent to an activating group) is 1. The Kier molecular flexibility index (Phi) is 6.99. The summed E-state index contributed by atoms with van der Waals surface area (Å²) in [6, 6.07) is 8.00. The Labute approximate surface area is 159 Å². The highest BCUT2D eigenvalue weighted by atomic mass is 32.1. The van der Waals surface area contributed by atoms with Crippen LogP contribution in [-0.2, 0) is 0 Å². The van der Waals surface area contributed by atoms with E-state index in [4.69, 9.17) is 4.74 Å². The Morgan fingerprint density at radius 1 is 1.19 bits per heavy atom. The highest BCUT2D eigenvalue weighted by Crippen LogP contribution is 2.14. The number of aryl methyl sites for hydroxylation is 1. The molecule has 0 atom stereocenters. The molecule has 0 aliphatic carbocycles. The number of anilines is 1. The van der Waals surface area contributed by atoms with Gasteiger partial charge in [-0.3, -0.25) is 10.3 Å². The van der Waals surface area contributed by atoms with Gasteiger partial charge in [-0.15, -0.1) is 11.3 Å². The topological polar surface area (TPSA) is 53.0 Å². The van der Waals surface area contributed by atoms with Crippen LogP contribution in [0.25, 0.3) is 0 Å². The zero-order valence-electron chi connectivity index (χ0n) is 15.5.